The summed E-state index contributed by atoms with van der Waals surface area (Å²) in [4.78, 5) is 0.785. The van der Waals surface area contributed by atoms with Gasteiger partial charge in [-0.15, -0.1) is 11.3 Å². The maximum atomic E-state index is 12.5. The highest BCUT2D eigenvalue weighted by atomic mass is 32.2. The van der Waals surface area contributed by atoms with Crippen molar-refractivity contribution < 1.29 is 12.9 Å². The van der Waals surface area contributed by atoms with Gasteiger partial charge in [0, 0.05) is 19.2 Å². The molecule has 0 saturated carbocycles. The molecule has 1 aliphatic rings. The molecule has 0 aliphatic carbocycles. The van der Waals surface area contributed by atoms with Crippen molar-refractivity contribution in [2.45, 2.75) is 23.5 Å². The van der Waals surface area contributed by atoms with E-state index in [1.807, 2.05) is 0 Å². The first-order valence-electron chi connectivity index (χ1n) is 6.19. The molecule has 1 saturated heterocycles. The fraction of sp³-hybridized carbons (Fsp3) is 0.417. The number of aromatic nitrogens is 1. The normalized spacial score (nSPS) is 17.7. The van der Waals surface area contributed by atoms with Gasteiger partial charge < -0.3 is 4.52 Å². The number of piperidine rings is 1. The molecule has 0 unspecified atom stereocenters. The van der Waals surface area contributed by atoms with Crippen LogP contribution in [0.3, 0.4) is 0 Å². The predicted molar refractivity (Wildman–Crippen MR) is 72.4 cm³/mol. The fourth-order valence-corrected chi connectivity index (χ4v) is 5.10. The molecule has 0 radical (unpaired) electrons. The maximum absolute atomic E-state index is 12.5. The number of thiophene rings is 1. The standard InChI is InChI=1S/C12H14N2O3S2/c15-19(16,14-8-2-1-3-9-14)12-5-4-11(18-12)10-6-7-13-17-10/h4-7H,1-3,8-9H2. The zero-order valence-electron chi connectivity index (χ0n) is 10.3. The molecule has 19 heavy (non-hydrogen) atoms. The monoisotopic (exact) mass is 298 g/mol. The molecule has 1 fully saturated rings. The highest BCUT2D eigenvalue weighted by molar-refractivity contribution is 7.91. The van der Waals surface area contributed by atoms with E-state index in [1.54, 1.807) is 28.7 Å². The zero-order valence-corrected chi connectivity index (χ0v) is 11.9. The Morgan fingerprint density at radius 1 is 1.16 bits per heavy atom. The Morgan fingerprint density at radius 3 is 2.63 bits per heavy atom. The smallest absolute Gasteiger partial charge is 0.252 e. The third kappa shape index (κ3) is 2.45. The summed E-state index contributed by atoms with van der Waals surface area (Å²) in [5, 5.41) is 3.63. The fourth-order valence-electron chi connectivity index (χ4n) is 2.17. The van der Waals surface area contributed by atoms with Crippen LogP contribution in [0.15, 0.2) is 33.1 Å². The third-order valence-corrected chi connectivity index (χ3v) is 6.64. The third-order valence-electron chi connectivity index (χ3n) is 3.17. The van der Waals surface area contributed by atoms with Crippen molar-refractivity contribution in [1.82, 2.24) is 9.46 Å². The first-order chi connectivity index (χ1) is 9.18. The Labute approximate surface area is 115 Å². The molecule has 0 bridgehead atoms. The molecule has 5 nitrogen and oxygen atoms in total. The van der Waals surface area contributed by atoms with Crippen LogP contribution in [0.25, 0.3) is 10.6 Å². The van der Waals surface area contributed by atoms with E-state index < -0.39 is 10.0 Å². The Hall–Kier alpha value is -1.18. The number of hydrogen-bond acceptors (Lipinski definition) is 5. The van der Waals surface area contributed by atoms with E-state index in [2.05, 4.69) is 5.16 Å². The minimum absolute atomic E-state index is 0.376. The van der Waals surface area contributed by atoms with E-state index in [4.69, 9.17) is 4.52 Å². The second kappa shape index (κ2) is 5.07. The second-order valence-corrected chi connectivity index (χ2v) is 7.71. The van der Waals surface area contributed by atoms with E-state index in [1.165, 1.54) is 11.3 Å². The summed E-state index contributed by atoms with van der Waals surface area (Å²) in [7, 11) is -3.34. The molecule has 2 aromatic rings. The topological polar surface area (TPSA) is 63.4 Å². The predicted octanol–water partition coefficient (Wildman–Crippen LogP) is 2.58. The minimum Gasteiger partial charge on any atom is -0.355 e. The summed E-state index contributed by atoms with van der Waals surface area (Å²) >= 11 is 1.23. The largest absolute Gasteiger partial charge is 0.355 e. The van der Waals surface area contributed by atoms with E-state index in [0.717, 1.165) is 24.1 Å². The van der Waals surface area contributed by atoms with Crippen LogP contribution in [0.5, 0.6) is 0 Å². The molecule has 3 heterocycles. The Morgan fingerprint density at radius 2 is 1.95 bits per heavy atom. The summed E-state index contributed by atoms with van der Waals surface area (Å²) in [5.41, 5.74) is 0. The lowest BCUT2D eigenvalue weighted by atomic mass is 10.2. The van der Waals surface area contributed by atoms with Crippen molar-refractivity contribution in [1.29, 1.82) is 0 Å². The van der Waals surface area contributed by atoms with Crippen LogP contribution in [0.1, 0.15) is 19.3 Å². The second-order valence-electron chi connectivity index (χ2n) is 4.46. The number of hydrogen-bond donors (Lipinski definition) is 0. The van der Waals surface area contributed by atoms with Crippen molar-refractivity contribution in [2.24, 2.45) is 0 Å². The minimum atomic E-state index is -3.34. The summed E-state index contributed by atoms with van der Waals surface area (Å²) < 4.78 is 31.9. The maximum Gasteiger partial charge on any atom is 0.252 e. The summed E-state index contributed by atoms with van der Waals surface area (Å²) in [6, 6.07) is 5.14. The zero-order chi connectivity index (χ0) is 13.3. The average Bonchev–Trinajstić information content (AvgIpc) is 3.10. The van der Waals surface area contributed by atoms with Gasteiger partial charge in [-0.25, -0.2) is 8.42 Å². The molecule has 0 aromatic carbocycles. The molecule has 2 aromatic heterocycles. The molecule has 0 spiro atoms. The van der Waals surface area contributed by atoms with Crippen molar-refractivity contribution >= 4 is 21.4 Å². The van der Waals surface area contributed by atoms with Gasteiger partial charge >= 0.3 is 0 Å². The van der Waals surface area contributed by atoms with Gasteiger partial charge in [-0.2, -0.15) is 4.31 Å². The van der Waals surface area contributed by atoms with Crippen LogP contribution in [0, 0.1) is 0 Å². The lowest BCUT2D eigenvalue weighted by molar-refractivity contribution is 0.347. The van der Waals surface area contributed by atoms with Gasteiger partial charge in [-0.05, 0) is 25.0 Å². The molecule has 102 valence electrons. The van der Waals surface area contributed by atoms with Gasteiger partial charge in [-0.3, -0.25) is 0 Å². The van der Waals surface area contributed by atoms with Crippen LogP contribution in [0.2, 0.25) is 0 Å². The lowest BCUT2D eigenvalue weighted by Gasteiger charge is -2.25. The van der Waals surface area contributed by atoms with E-state index in [-0.39, 0.29) is 0 Å². The molecular formula is C12H14N2O3S2. The van der Waals surface area contributed by atoms with Crippen molar-refractivity contribution in [3.05, 3.63) is 24.4 Å². The Bertz CT molecular complexity index is 640. The van der Waals surface area contributed by atoms with Crippen LogP contribution >= 0.6 is 11.3 Å². The molecule has 3 rings (SSSR count). The Balaban J connectivity index is 1.89. The number of rotatable bonds is 3. The molecule has 0 amide bonds. The van der Waals surface area contributed by atoms with Gasteiger partial charge in [0.25, 0.3) is 10.0 Å². The molecule has 0 atom stereocenters. The number of nitrogens with zero attached hydrogens (tertiary/aromatic N) is 2. The SMILES string of the molecule is O=S(=O)(c1ccc(-c2ccno2)s1)N1CCCCC1. The summed E-state index contributed by atoms with van der Waals surface area (Å²) in [6.45, 7) is 1.25. The van der Waals surface area contributed by atoms with Gasteiger partial charge in [0.05, 0.1) is 11.1 Å². The first kappa shape index (κ1) is 12.8. The van der Waals surface area contributed by atoms with Crippen LogP contribution in [-0.2, 0) is 10.0 Å². The highest BCUT2D eigenvalue weighted by Crippen LogP contribution is 2.32. The summed E-state index contributed by atoms with van der Waals surface area (Å²) in [6.07, 6.45) is 4.55. The van der Waals surface area contributed by atoms with E-state index >= 15 is 0 Å². The van der Waals surface area contributed by atoms with Crippen molar-refractivity contribution in [3.63, 3.8) is 0 Å². The number of sulfonamides is 1. The lowest BCUT2D eigenvalue weighted by Crippen LogP contribution is -2.35. The highest BCUT2D eigenvalue weighted by Gasteiger charge is 2.27. The molecule has 7 heteroatoms. The quantitative estimate of drug-likeness (QED) is 0.873. The molecule has 1 aliphatic heterocycles. The van der Waals surface area contributed by atoms with Gasteiger partial charge in [-0.1, -0.05) is 11.6 Å². The summed E-state index contributed by atoms with van der Waals surface area (Å²) in [5.74, 6) is 0.602. The van der Waals surface area contributed by atoms with E-state index in [9.17, 15) is 8.42 Å². The van der Waals surface area contributed by atoms with Crippen LogP contribution in [0.4, 0.5) is 0 Å². The van der Waals surface area contributed by atoms with Gasteiger partial charge in [0.1, 0.15) is 4.21 Å². The first-order valence-corrected chi connectivity index (χ1v) is 8.44. The average molecular weight is 298 g/mol. The van der Waals surface area contributed by atoms with Crippen molar-refractivity contribution in [2.75, 3.05) is 13.1 Å². The van der Waals surface area contributed by atoms with E-state index in [0.29, 0.717) is 23.1 Å². The van der Waals surface area contributed by atoms with Crippen LogP contribution in [-0.4, -0.2) is 31.0 Å². The molecular weight excluding hydrogens is 284 g/mol. The molecule has 0 N–H and O–H groups in total. The van der Waals surface area contributed by atoms with Gasteiger partial charge in [0.15, 0.2) is 5.76 Å². The van der Waals surface area contributed by atoms with Gasteiger partial charge in [0.2, 0.25) is 0 Å². The Kier molecular flexibility index (Phi) is 3.42. The van der Waals surface area contributed by atoms with Crippen LogP contribution < -0.4 is 0 Å². The van der Waals surface area contributed by atoms with Crippen molar-refractivity contribution in [3.8, 4) is 10.6 Å².